The molecule has 1 N–H and O–H groups in total. The molecule has 5 nitrogen and oxygen atoms in total. The standard InChI is InChI=1S/C17H18F3NO4S/c1-12-7-3-4-8-13(12)15(24-2)11-21-26(22,23)16-10-6-5-9-14(16)25-17(18,19)20/h3-10,15,21H,11H2,1-2H3. The summed E-state index contributed by atoms with van der Waals surface area (Å²) in [4.78, 5) is -0.600. The zero-order valence-electron chi connectivity index (χ0n) is 14.1. The van der Waals surface area contributed by atoms with Crippen molar-refractivity contribution >= 4 is 10.0 Å². The highest BCUT2D eigenvalue weighted by Crippen LogP contribution is 2.29. The first kappa shape index (κ1) is 20.2. The summed E-state index contributed by atoms with van der Waals surface area (Å²) in [6, 6.07) is 11.8. The van der Waals surface area contributed by atoms with Gasteiger partial charge >= 0.3 is 6.36 Å². The van der Waals surface area contributed by atoms with E-state index in [1.807, 2.05) is 19.1 Å². The summed E-state index contributed by atoms with van der Waals surface area (Å²) in [6.07, 6.45) is -5.59. The lowest BCUT2D eigenvalue weighted by Crippen LogP contribution is -2.30. The zero-order valence-corrected chi connectivity index (χ0v) is 14.9. The normalized spacial score (nSPS) is 13.4. The monoisotopic (exact) mass is 389 g/mol. The van der Waals surface area contributed by atoms with Gasteiger partial charge in [-0.2, -0.15) is 0 Å². The number of para-hydroxylation sites is 1. The van der Waals surface area contributed by atoms with E-state index in [1.165, 1.54) is 19.2 Å². The smallest absolute Gasteiger partial charge is 0.404 e. The third-order valence-electron chi connectivity index (χ3n) is 3.64. The molecule has 2 aromatic carbocycles. The maximum absolute atomic E-state index is 12.5. The average Bonchev–Trinajstić information content (AvgIpc) is 2.55. The highest BCUT2D eigenvalue weighted by molar-refractivity contribution is 7.89. The SMILES string of the molecule is COC(CNS(=O)(=O)c1ccccc1OC(F)(F)F)c1ccccc1C. The van der Waals surface area contributed by atoms with Gasteiger partial charge < -0.3 is 9.47 Å². The number of aryl methyl sites for hydroxylation is 1. The van der Waals surface area contributed by atoms with E-state index in [1.54, 1.807) is 12.1 Å². The molecule has 1 unspecified atom stereocenters. The molecule has 142 valence electrons. The maximum atomic E-state index is 12.5. The van der Waals surface area contributed by atoms with E-state index in [2.05, 4.69) is 9.46 Å². The van der Waals surface area contributed by atoms with E-state index in [0.717, 1.165) is 23.3 Å². The summed E-state index contributed by atoms with van der Waals surface area (Å²) >= 11 is 0. The first-order valence-corrected chi connectivity index (χ1v) is 9.05. The van der Waals surface area contributed by atoms with Gasteiger partial charge in [0, 0.05) is 13.7 Å². The van der Waals surface area contributed by atoms with E-state index in [0.29, 0.717) is 0 Å². The third-order valence-corrected chi connectivity index (χ3v) is 5.11. The van der Waals surface area contributed by atoms with Gasteiger partial charge in [-0.1, -0.05) is 36.4 Å². The molecule has 0 saturated heterocycles. The van der Waals surface area contributed by atoms with Crippen molar-refractivity contribution in [2.75, 3.05) is 13.7 Å². The van der Waals surface area contributed by atoms with Crippen LogP contribution in [0.25, 0.3) is 0 Å². The third kappa shape index (κ3) is 5.20. The fraction of sp³-hybridized carbons (Fsp3) is 0.294. The highest BCUT2D eigenvalue weighted by Gasteiger charge is 2.34. The Morgan fingerprint density at radius 1 is 1.08 bits per heavy atom. The Kier molecular flexibility index (Phi) is 6.27. The van der Waals surface area contributed by atoms with Crippen LogP contribution in [0.3, 0.4) is 0 Å². The van der Waals surface area contributed by atoms with Gasteiger partial charge in [0.25, 0.3) is 0 Å². The summed E-state index contributed by atoms with van der Waals surface area (Å²) < 4.78 is 73.8. The van der Waals surface area contributed by atoms with Crippen LogP contribution in [0.2, 0.25) is 0 Å². The summed E-state index contributed by atoms with van der Waals surface area (Å²) in [5.74, 6) is -0.794. The molecule has 0 aliphatic carbocycles. The van der Waals surface area contributed by atoms with Gasteiger partial charge in [-0.3, -0.25) is 0 Å². The molecule has 0 amide bonds. The topological polar surface area (TPSA) is 64.6 Å². The summed E-state index contributed by atoms with van der Waals surface area (Å²) in [6.45, 7) is 1.70. The lowest BCUT2D eigenvalue weighted by Gasteiger charge is -2.19. The van der Waals surface area contributed by atoms with Gasteiger partial charge in [-0.05, 0) is 30.2 Å². The van der Waals surface area contributed by atoms with Gasteiger partial charge in [0.05, 0.1) is 6.10 Å². The van der Waals surface area contributed by atoms with Crippen LogP contribution in [0.15, 0.2) is 53.4 Å². The van der Waals surface area contributed by atoms with Crippen LogP contribution < -0.4 is 9.46 Å². The predicted molar refractivity (Wildman–Crippen MR) is 89.2 cm³/mol. The molecule has 26 heavy (non-hydrogen) atoms. The van der Waals surface area contributed by atoms with E-state index in [-0.39, 0.29) is 6.54 Å². The molecule has 0 fully saturated rings. The number of nitrogens with one attached hydrogen (secondary N) is 1. The van der Waals surface area contributed by atoms with Crippen LogP contribution in [-0.4, -0.2) is 28.4 Å². The Labute approximate surface area is 149 Å². The van der Waals surface area contributed by atoms with Crippen LogP contribution in [-0.2, 0) is 14.8 Å². The molecular formula is C17H18F3NO4S. The Hall–Kier alpha value is -2.10. The number of hydrogen-bond acceptors (Lipinski definition) is 4. The molecule has 9 heteroatoms. The van der Waals surface area contributed by atoms with E-state index >= 15 is 0 Å². The first-order chi connectivity index (χ1) is 12.1. The second-order valence-electron chi connectivity index (χ2n) is 5.43. The number of alkyl halides is 3. The van der Waals surface area contributed by atoms with Crippen molar-refractivity contribution in [2.45, 2.75) is 24.3 Å². The largest absolute Gasteiger partial charge is 0.573 e. The van der Waals surface area contributed by atoms with E-state index in [4.69, 9.17) is 4.74 Å². The van der Waals surface area contributed by atoms with Gasteiger partial charge in [0.15, 0.2) is 0 Å². The minimum Gasteiger partial charge on any atom is -0.404 e. The van der Waals surface area contributed by atoms with Crippen molar-refractivity contribution in [3.8, 4) is 5.75 Å². The van der Waals surface area contributed by atoms with Crippen molar-refractivity contribution in [3.05, 3.63) is 59.7 Å². The minimum atomic E-state index is -5.00. The van der Waals surface area contributed by atoms with E-state index in [9.17, 15) is 21.6 Å². The van der Waals surface area contributed by atoms with Crippen LogP contribution in [0.5, 0.6) is 5.75 Å². The van der Waals surface area contributed by atoms with Gasteiger partial charge in [0.1, 0.15) is 10.6 Å². The van der Waals surface area contributed by atoms with Crippen molar-refractivity contribution < 1.29 is 31.1 Å². The number of rotatable bonds is 7. The quantitative estimate of drug-likeness (QED) is 0.787. The number of benzene rings is 2. The molecule has 0 radical (unpaired) electrons. The molecule has 0 aromatic heterocycles. The number of ether oxygens (including phenoxy) is 2. The lowest BCUT2D eigenvalue weighted by atomic mass is 10.0. The fourth-order valence-electron chi connectivity index (χ4n) is 2.41. The summed E-state index contributed by atoms with van der Waals surface area (Å²) in [5.41, 5.74) is 1.68. The maximum Gasteiger partial charge on any atom is 0.573 e. The second kappa shape index (κ2) is 8.07. The number of methoxy groups -OCH3 is 1. The molecule has 2 aromatic rings. The lowest BCUT2D eigenvalue weighted by molar-refractivity contribution is -0.275. The van der Waals surface area contributed by atoms with Crippen molar-refractivity contribution in [1.29, 1.82) is 0 Å². The van der Waals surface area contributed by atoms with Crippen molar-refractivity contribution in [2.24, 2.45) is 0 Å². The molecule has 2 rings (SSSR count). The summed E-state index contributed by atoms with van der Waals surface area (Å²) in [7, 11) is -2.82. The Balaban J connectivity index is 2.23. The van der Waals surface area contributed by atoms with Crippen LogP contribution in [0, 0.1) is 6.92 Å². The Morgan fingerprint density at radius 2 is 1.69 bits per heavy atom. The van der Waals surface area contributed by atoms with Gasteiger partial charge in [-0.15, -0.1) is 13.2 Å². The van der Waals surface area contributed by atoms with Gasteiger partial charge in [0.2, 0.25) is 10.0 Å². The number of hydrogen-bond donors (Lipinski definition) is 1. The molecular weight excluding hydrogens is 371 g/mol. The molecule has 0 spiro atoms. The van der Waals surface area contributed by atoms with Crippen molar-refractivity contribution in [3.63, 3.8) is 0 Å². The van der Waals surface area contributed by atoms with Crippen LogP contribution >= 0.6 is 0 Å². The zero-order chi connectivity index (χ0) is 19.4. The van der Waals surface area contributed by atoms with Crippen LogP contribution in [0.1, 0.15) is 17.2 Å². The molecule has 0 heterocycles. The van der Waals surface area contributed by atoms with Crippen molar-refractivity contribution in [1.82, 2.24) is 4.72 Å². The first-order valence-electron chi connectivity index (χ1n) is 7.57. The molecule has 0 saturated carbocycles. The average molecular weight is 389 g/mol. The number of halogens is 3. The number of sulfonamides is 1. The van der Waals surface area contributed by atoms with Crippen LogP contribution in [0.4, 0.5) is 13.2 Å². The minimum absolute atomic E-state index is 0.149. The Bertz CT molecular complexity index is 853. The molecule has 1 atom stereocenters. The molecule has 0 bridgehead atoms. The van der Waals surface area contributed by atoms with E-state index < -0.39 is 33.1 Å². The summed E-state index contributed by atoms with van der Waals surface area (Å²) in [5, 5.41) is 0. The predicted octanol–water partition coefficient (Wildman–Crippen LogP) is 3.56. The molecule has 0 aliphatic rings. The van der Waals surface area contributed by atoms with Gasteiger partial charge in [-0.25, -0.2) is 13.1 Å². The molecule has 0 aliphatic heterocycles. The highest BCUT2D eigenvalue weighted by atomic mass is 32.2. The fourth-order valence-corrected chi connectivity index (χ4v) is 3.57. The Morgan fingerprint density at radius 3 is 2.31 bits per heavy atom. The second-order valence-corrected chi connectivity index (χ2v) is 7.16.